The van der Waals surface area contributed by atoms with Crippen molar-refractivity contribution in [3.05, 3.63) is 21.4 Å². The van der Waals surface area contributed by atoms with E-state index < -0.39 is 0 Å². The summed E-state index contributed by atoms with van der Waals surface area (Å²) in [4.78, 5) is 3.15. The van der Waals surface area contributed by atoms with Gasteiger partial charge in [-0.25, -0.2) is 0 Å². The molecule has 1 aromatic heterocycles. The lowest BCUT2D eigenvalue weighted by Gasteiger charge is -2.19. The Labute approximate surface area is 137 Å². The van der Waals surface area contributed by atoms with Crippen molar-refractivity contribution in [2.75, 3.05) is 4.43 Å². The van der Waals surface area contributed by atoms with Crippen LogP contribution in [0.4, 0.5) is 0 Å². The molecule has 0 amide bonds. The monoisotopic (exact) mass is 392 g/mol. The fourth-order valence-corrected chi connectivity index (χ4v) is 4.07. The van der Waals surface area contributed by atoms with Crippen LogP contribution in [0.25, 0.3) is 0 Å². The zero-order valence-corrected chi connectivity index (χ0v) is 16.4. The number of hydrogen-bond acceptors (Lipinski definition) is 1. The van der Waals surface area contributed by atoms with Gasteiger partial charge in [0.1, 0.15) is 0 Å². The summed E-state index contributed by atoms with van der Waals surface area (Å²) in [5.74, 6) is 0. The maximum atomic E-state index is 2.48. The highest BCUT2D eigenvalue weighted by atomic mass is 127. The number of unbranched alkanes of at least 4 members (excludes halogenated alkanes) is 2. The predicted molar refractivity (Wildman–Crippen MR) is 98.2 cm³/mol. The molecule has 0 bridgehead atoms. The van der Waals surface area contributed by atoms with E-state index in [-0.39, 0.29) is 10.8 Å². The Morgan fingerprint density at radius 3 is 2.05 bits per heavy atom. The molecule has 2 heteroatoms. The first-order valence-corrected chi connectivity index (χ1v) is 9.70. The van der Waals surface area contributed by atoms with Gasteiger partial charge in [0.15, 0.2) is 0 Å². The Hall–Kier alpha value is 0.430. The zero-order chi connectivity index (χ0) is 14.7. The number of hydrogen-bond donors (Lipinski definition) is 0. The van der Waals surface area contributed by atoms with Crippen LogP contribution in [0, 0.1) is 0 Å². The van der Waals surface area contributed by atoms with Gasteiger partial charge < -0.3 is 0 Å². The fraction of sp³-hybridized carbons (Fsp3) is 0.765. The van der Waals surface area contributed by atoms with Crippen LogP contribution in [0.1, 0.15) is 76.1 Å². The third-order valence-electron chi connectivity index (χ3n) is 3.31. The predicted octanol–water partition coefficient (Wildman–Crippen LogP) is 6.49. The lowest BCUT2D eigenvalue weighted by Crippen LogP contribution is -2.11. The van der Waals surface area contributed by atoms with Gasteiger partial charge in [-0.2, -0.15) is 0 Å². The Kier molecular flexibility index (Phi) is 6.37. The lowest BCUT2D eigenvalue weighted by atomic mass is 9.88. The van der Waals surface area contributed by atoms with E-state index in [1.807, 2.05) is 11.3 Å². The normalized spacial score (nSPS) is 13.0. The van der Waals surface area contributed by atoms with Crippen molar-refractivity contribution >= 4 is 33.9 Å². The minimum atomic E-state index is 0.283. The molecular formula is C17H29IS. The summed E-state index contributed by atoms with van der Waals surface area (Å²) in [6.07, 6.45) is 5.33. The molecule has 0 saturated heterocycles. The lowest BCUT2D eigenvalue weighted by molar-refractivity contribution is 0.592. The molecule has 0 nitrogen and oxygen atoms in total. The maximum absolute atomic E-state index is 2.48. The van der Waals surface area contributed by atoms with Crippen LogP contribution in [0.2, 0.25) is 0 Å². The SMILES string of the molecule is CC(C)(C)c1cc(CCCCCI)c(C(C)(C)C)s1. The second-order valence-corrected chi connectivity index (χ2v) is 9.60. The minimum absolute atomic E-state index is 0.283. The second kappa shape index (κ2) is 6.93. The molecule has 0 fully saturated rings. The van der Waals surface area contributed by atoms with Gasteiger partial charge in [-0.15, -0.1) is 11.3 Å². The Bertz CT molecular complexity index is 390. The van der Waals surface area contributed by atoms with Crippen LogP contribution < -0.4 is 0 Å². The number of halogens is 1. The average molecular weight is 392 g/mol. The molecule has 0 unspecified atom stereocenters. The summed E-state index contributed by atoms with van der Waals surface area (Å²) >= 11 is 4.51. The summed E-state index contributed by atoms with van der Waals surface area (Å²) in [7, 11) is 0. The summed E-state index contributed by atoms with van der Waals surface area (Å²) in [5.41, 5.74) is 2.17. The van der Waals surface area contributed by atoms with Gasteiger partial charge in [0.2, 0.25) is 0 Å². The van der Waals surface area contributed by atoms with Crippen LogP contribution in [0.5, 0.6) is 0 Å². The van der Waals surface area contributed by atoms with Crippen LogP contribution in [-0.4, -0.2) is 4.43 Å². The topological polar surface area (TPSA) is 0 Å². The van der Waals surface area contributed by atoms with Gasteiger partial charge in [-0.1, -0.05) is 70.6 Å². The summed E-state index contributed by atoms with van der Waals surface area (Å²) < 4.78 is 1.29. The van der Waals surface area contributed by atoms with Gasteiger partial charge in [0.05, 0.1) is 0 Å². The molecule has 1 heterocycles. The van der Waals surface area contributed by atoms with Gasteiger partial charge in [0.25, 0.3) is 0 Å². The third-order valence-corrected chi connectivity index (χ3v) is 6.10. The first-order valence-electron chi connectivity index (χ1n) is 7.36. The molecule has 0 radical (unpaired) electrons. The quantitative estimate of drug-likeness (QED) is 0.305. The van der Waals surface area contributed by atoms with Crippen molar-refractivity contribution in [2.45, 2.75) is 78.1 Å². The van der Waals surface area contributed by atoms with Gasteiger partial charge in [-0.05, 0) is 46.1 Å². The molecule has 0 saturated carbocycles. The first kappa shape index (κ1) is 17.5. The highest BCUT2D eigenvalue weighted by Gasteiger charge is 2.25. The van der Waals surface area contributed by atoms with E-state index in [1.54, 1.807) is 15.3 Å². The van der Waals surface area contributed by atoms with Gasteiger partial charge in [0, 0.05) is 9.75 Å². The van der Waals surface area contributed by atoms with E-state index in [4.69, 9.17) is 0 Å². The van der Waals surface area contributed by atoms with Gasteiger partial charge in [-0.3, -0.25) is 0 Å². The molecular weight excluding hydrogens is 363 g/mol. The maximum Gasteiger partial charge on any atom is 0.0134 e. The highest BCUT2D eigenvalue weighted by Crippen LogP contribution is 2.39. The first-order chi connectivity index (χ1) is 8.66. The molecule has 1 aromatic rings. The average Bonchev–Trinajstić information content (AvgIpc) is 2.67. The van der Waals surface area contributed by atoms with E-state index in [0.717, 1.165) is 0 Å². The highest BCUT2D eigenvalue weighted by molar-refractivity contribution is 14.1. The number of rotatable bonds is 5. The summed E-state index contributed by atoms with van der Waals surface area (Å²) in [5, 5.41) is 0. The van der Waals surface area contributed by atoms with Crippen molar-refractivity contribution < 1.29 is 0 Å². The van der Waals surface area contributed by atoms with E-state index in [1.165, 1.54) is 30.1 Å². The van der Waals surface area contributed by atoms with Crippen molar-refractivity contribution in [3.63, 3.8) is 0 Å². The molecule has 0 aliphatic carbocycles. The summed E-state index contributed by atoms with van der Waals surface area (Å²) in [6, 6.07) is 2.48. The van der Waals surface area contributed by atoms with Crippen molar-refractivity contribution in [2.24, 2.45) is 0 Å². The van der Waals surface area contributed by atoms with E-state index >= 15 is 0 Å². The molecule has 0 aliphatic heterocycles. The molecule has 0 spiro atoms. The standard InChI is InChI=1S/C17H29IS/c1-16(2,3)14-12-13(10-8-7-9-11-18)15(19-14)17(4,5)6/h12H,7-11H2,1-6H3. The largest absolute Gasteiger partial charge is 0.144 e. The van der Waals surface area contributed by atoms with Crippen molar-refractivity contribution in [1.29, 1.82) is 0 Å². The molecule has 0 N–H and O–H groups in total. The third kappa shape index (κ3) is 5.37. The Morgan fingerprint density at radius 1 is 0.947 bits per heavy atom. The second-order valence-electron chi connectivity index (χ2n) is 7.46. The Morgan fingerprint density at radius 2 is 1.58 bits per heavy atom. The van der Waals surface area contributed by atoms with Crippen LogP contribution >= 0.6 is 33.9 Å². The smallest absolute Gasteiger partial charge is 0.0134 e. The molecule has 0 aliphatic rings. The molecule has 1 rings (SSSR count). The zero-order valence-electron chi connectivity index (χ0n) is 13.4. The molecule has 0 atom stereocenters. The molecule has 110 valence electrons. The van der Waals surface area contributed by atoms with Crippen LogP contribution in [0.15, 0.2) is 6.07 Å². The van der Waals surface area contributed by atoms with E-state index in [2.05, 4.69) is 70.2 Å². The number of thiophene rings is 1. The number of aryl methyl sites for hydroxylation is 1. The fourth-order valence-electron chi connectivity index (χ4n) is 2.21. The van der Waals surface area contributed by atoms with Crippen LogP contribution in [-0.2, 0) is 17.3 Å². The van der Waals surface area contributed by atoms with Crippen LogP contribution in [0.3, 0.4) is 0 Å². The van der Waals surface area contributed by atoms with E-state index in [0.29, 0.717) is 0 Å². The van der Waals surface area contributed by atoms with Crippen molar-refractivity contribution in [1.82, 2.24) is 0 Å². The number of alkyl halides is 1. The minimum Gasteiger partial charge on any atom is -0.144 e. The Balaban J connectivity index is 2.91. The van der Waals surface area contributed by atoms with Crippen molar-refractivity contribution in [3.8, 4) is 0 Å². The molecule has 19 heavy (non-hydrogen) atoms. The molecule has 0 aromatic carbocycles. The van der Waals surface area contributed by atoms with Gasteiger partial charge >= 0.3 is 0 Å². The van der Waals surface area contributed by atoms with E-state index in [9.17, 15) is 0 Å². The summed E-state index contributed by atoms with van der Waals surface area (Å²) in [6.45, 7) is 14.0.